The van der Waals surface area contributed by atoms with Crippen molar-refractivity contribution in [3.05, 3.63) is 30.0 Å². The minimum atomic E-state index is -3.58. The van der Waals surface area contributed by atoms with Crippen LogP contribution in [0.3, 0.4) is 0 Å². The van der Waals surface area contributed by atoms with E-state index in [-0.39, 0.29) is 48.5 Å². The lowest BCUT2D eigenvalue weighted by Crippen LogP contribution is -2.55. The first-order chi connectivity index (χ1) is 20.5. The Bertz CT molecular complexity index is 1390. The third-order valence-corrected chi connectivity index (χ3v) is 8.29. The van der Waals surface area contributed by atoms with Crippen LogP contribution in [0.2, 0.25) is 0 Å². The maximum Gasteiger partial charge on any atom is 0.407 e. The molecule has 13 nitrogen and oxygen atoms in total. The summed E-state index contributed by atoms with van der Waals surface area (Å²) >= 11 is 0. The standard InChI is InChI=1S/C28H35F2N7O6/c1-35-20-13-31-26(34-23(20)37(17-6-4-5-7-17)15-28(29,30)25(35)39)33-18-9-8-16(12-21(18)42-2)24(38)32-19-10-11-36(27(40)41)14-22(19)43-3/h8-9,12-13,17,19,22H,4-7,10-11,14-15H2,1-3H3,(H,32,38)(H,40,41)(H,31,33,34). The predicted octanol–water partition coefficient (Wildman–Crippen LogP) is 3.09. The van der Waals surface area contributed by atoms with Gasteiger partial charge in [0.05, 0.1) is 44.2 Å². The van der Waals surface area contributed by atoms with Gasteiger partial charge in [-0.15, -0.1) is 0 Å². The summed E-state index contributed by atoms with van der Waals surface area (Å²) in [7, 11) is 4.20. The maximum absolute atomic E-state index is 14.9. The Balaban J connectivity index is 1.36. The van der Waals surface area contributed by atoms with Crippen molar-refractivity contribution >= 4 is 41.0 Å². The lowest BCUT2D eigenvalue weighted by molar-refractivity contribution is -0.140. The molecule has 3 aliphatic rings. The maximum atomic E-state index is 14.9. The zero-order valence-electron chi connectivity index (χ0n) is 24.2. The van der Waals surface area contributed by atoms with E-state index in [0.29, 0.717) is 23.4 Å². The van der Waals surface area contributed by atoms with Crippen LogP contribution in [0.25, 0.3) is 0 Å². The normalized spacial score (nSPS) is 22.2. The number of piperidine rings is 1. The summed E-state index contributed by atoms with van der Waals surface area (Å²) in [4.78, 5) is 49.5. The third kappa shape index (κ3) is 6.12. The summed E-state index contributed by atoms with van der Waals surface area (Å²) in [6, 6.07) is 4.17. The number of nitrogens with one attached hydrogen (secondary N) is 2. The summed E-state index contributed by atoms with van der Waals surface area (Å²) < 4.78 is 40.7. The number of rotatable bonds is 7. The second kappa shape index (κ2) is 12.1. The lowest BCUT2D eigenvalue weighted by Gasteiger charge is -2.36. The molecule has 3 heterocycles. The average Bonchev–Trinajstić information content (AvgIpc) is 3.52. The molecule has 0 spiro atoms. The van der Waals surface area contributed by atoms with E-state index in [1.54, 1.807) is 12.1 Å². The number of ether oxygens (including phenoxy) is 2. The van der Waals surface area contributed by atoms with Gasteiger partial charge in [-0.3, -0.25) is 9.59 Å². The van der Waals surface area contributed by atoms with Gasteiger partial charge < -0.3 is 39.9 Å². The van der Waals surface area contributed by atoms with Crippen LogP contribution in [0.15, 0.2) is 24.4 Å². The lowest BCUT2D eigenvalue weighted by atomic mass is 10.0. The van der Waals surface area contributed by atoms with Gasteiger partial charge >= 0.3 is 12.0 Å². The molecule has 2 unspecified atom stereocenters. The van der Waals surface area contributed by atoms with Gasteiger partial charge in [-0.2, -0.15) is 13.8 Å². The molecule has 3 amide bonds. The molecule has 232 valence electrons. The number of hydrogen-bond donors (Lipinski definition) is 3. The van der Waals surface area contributed by atoms with Crippen LogP contribution < -0.4 is 25.2 Å². The Morgan fingerprint density at radius 1 is 1.16 bits per heavy atom. The first-order valence-electron chi connectivity index (χ1n) is 14.1. The summed E-state index contributed by atoms with van der Waals surface area (Å²) in [5.74, 6) is -4.62. The molecular weight excluding hydrogens is 568 g/mol. The molecule has 15 heteroatoms. The molecule has 1 saturated carbocycles. The van der Waals surface area contributed by atoms with Crippen molar-refractivity contribution < 1.29 is 37.7 Å². The van der Waals surface area contributed by atoms with Gasteiger partial charge in [-0.25, -0.2) is 9.78 Å². The minimum absolute atomic E-state index is 0.108. The predicted molar refractivity (Wildman–Crippen MR) is 153 cm³/mol. The van der Waals surface area contributed by atoms with E-state index < -0.39 is 30.6 Å². The van der Waals surface area contributed by atoms with Crippen molar-refractivity contribution in [3.63, 3.8) is 0 Å². The highest BCUT2D eigenvalue weighted by atomic mass is 19.3. The number of likely N-dealkylation sites (tertiary alicyclic amines) is 1. The second-order valence-corrected chi connectivity index (χ2v) is 10.9. The van der Waals surface area contributed by atoms with Crippen LogP contribution >= 0.6 is 0 Å². The Morgan fingerprint density at radius 3 is 2.58 bits per heavy atom. The third-order valence-electron chi connectivity index (χ3n) is 8.29. The number of hydrogen-bond acceptors (Lipinski definition) is 9. The molecule has 2 aromatic rings. The second-order valence-electron chi connectivity index (χ2n) is 10.9. The molecule has 0 bridgehead atoms. The van der Waals surface area contributed by atoms with Gasteiger partial charge in [0.2, 0.25) is 5.95 Å². The summed E-state index contributed by atoms with van der Waals surface area (Å²) in [5.41, 5.74) is 0.928. The van der Waals surface area contributed by atoms with Crippen LogP contribution in [-0.4, -0.2) is 103 Å². The van der Waals surface area contributed by atoms with E-state index in [2.05, 4.69) is 20.6 Å². The number of amides is 3. The fourth-order valence-corrected chi connectivity index (χ4v) is 5.91. The van der Waals surface area contributed by atoms with Crippen LogP contribution in [0.1, 0.15) is 42.5 Å². The number of carboxylic acid groups (broad SMARTS) is 1. The number of fused-ring (bicyclic) bond motifs is 1. The molecule has 1 aliphatic carbocycles. The quantitative estimate of drug-likeness (QED) is 0.431. The van der Waals surface area contributed by atoms with Gasteiger partial charge in [-0.1, -0.05) is 12.8 Å². The van der Waals surface area contributed by atoms with Crippen LogP contribution in [0, 0.1) is 0 Å². The summed E-state index contributed by atoms with van der Waals surface area (Å²) in [5, 5.41) is 15.2. The first-order valence-corrected chi connectivity index (χ1v) is 14.1. The highest BCUT2D eigenvalue weighted by Gasteiger charge is 2.48. The number of benzene rings is 1. The molecule has 2 aliphatic heterocycles. The van der Waals surface area contributed by atoms with Gasteiger partial charge in [-0.05, 0) is 37.5 Å². The molecule has 1 aromatic heterocycles. The Morgan fingerprint density at radius 2 is 1.91 bits per heavy atom. The molecule has 5 rings (SSSR count). The Kier molecular flexibility index (Phi) is 8.53. The van der Waals surface area contributed by atoms with Crippen molar-refractivity contribution in [1.82, 2.24) is 20.2 Å². The molecule has 0 radical (unpaired) electrons. The van der Waals surface area contributed by atoms with Crippen LogP contribution in [0.4, 0.5) is 36.7 Å². The molecule has 1 saturated heterocycles. The van der Waals surface area contributed by atoms with Crippen molar-refractivity contribution in [2.45, 2.75) is 56.2 Å². The molecule has 2 atom stereocenters. The highest BCUT2D eigenvalue weighted by molar-refractivity contribution is 6.02. The van der Waals surface area contributed by atoms with Crippen molar-refractivity contribution in [1.29, 1.82) is 0 Å². The van der Waals surface area contributed by atoms with Crippen LogP contribution in [0.5, 0.6) is 5.75 Å². The zero-order chi connectivity index (χ0) is 30.9. The number of aromatic nitrogens is 2. The van der Waals surface area contributed by atoms with E-state index in [1.165, 1.54) is 43.3 Å². The molecule has 3 N–H and O–H groups in total. The molecule has 2 fully saturated rings. The van der Waals surface area contributed by atoms with E-state index in [0.717, 1.165) is 30.6 Å². The highest BCUT2D eigenvalue weighted by Crippen LogP contribution is 2.40. The van der Waals surface area contributed by atoms with Crippen molar-refractivity contribution in [2.24, 2.45) is 0 Å². The van der Waals surface area contributed by atoms with E-state index in [4.69, 9.17) is 9.47 Å². The van der Waals surface area contributed by atoms with E-state index >= 15 is 0 Å². The number of nitrogens with zero attached hydrogens (tertiary/aromatic N) is 5. The first kappa shape index (κ1) is 30.2. The zero-order valence-corrected chi connectivity index (χ0v) is 24.2. The van der Waals surface area contributed by atoms with Crippen molar-refractivity contribution in [3.8, 4) is 5.75 Å². The fourth-order valence-electron chi connectivity index (χ4n) is 5.91. The number of carbonyl (C=O) groups excluding carboxylic acids is 2. The smallest absolute Gasteiger partial charge is 0.407 e. The van der Waals surface area contributed by atoms with Gasteiger partial charge in [0.15, 0.2) is 5.82 Å². The molecule has 1 aromatic carbocycles. The van der Waals surface area contributed by atoms with Gasteiger partial charge in [0, 0.05) is 32.3 Å². The van der Waals surface area contributed by atoms with Crippen molar-refractivity contribution in [2.75, 3.05) is 56.0 Å². The number of halogens is 2. The molecular formula is C28H35F2N7O6. The van der Waals surface area contributed by atoms with E-state index in [9.17, 15) is 28.3 Å². The van der Waals surface area contributed by atoms with Gasteiger partial charge in [0.25, 0.3) is 11.8 Å². The average molecular weight is 604 g/mol. The van der Waals surface area contributed by atoms with Gasteiger partial charge in [0.1, 0.15) is 11.4 Å². The van der Waals surface area contributed by atoms with E-state index in [1.807, 2.05) is 0 Å². The fraction of sp³-hybridized carbons (Fsp3) is 0.536. The monoisotopic (exact) mass is 603 g/mol. The number of methoxy groups -OCH3 is 2. The SMILES string of the molecule is COc1cc(C(=O)NC2CCN(C(=O)O)CC2OC)ccc1Nc1ncc2c(n1)N(C1CCCC1)CC(F)(F)C(=O)N2C. The number of carbonyl (C=O) groups is 3. The Labute approximate surface area is 247 Å². The summed E-state index contributed by atoms with van der Waals surface area (Å²) in [6.45, 7) is -0.354. The minimum Gasteiger partial charge on any atom is -0.495 e. The molecule has 43 heavy (non-hydrogen) atoms. The topological polar surface area (TPSA) is 149 Å². The number of alkyl halides is 2. The number of anilines is 4. The Hall–Kier alpha value is -4.27. The largest absolute Gasteiger partial charge is 0.495 e. The van der Waals surface area contributed by atoms with Crippen LogP contribution in [-0.2, 0) is 9.53 Å². The summed E-state index contributed by atoms with van der Waals surface area (Å²) in [6.07, 6.45) is 3.47.